The molecule has 0 bridgehead atoms. The maximum absolute atomic E-state index is 10.4. The zero-order chi connectivity index (χ0) is 10.1. The second kappa shape index (κ2) is 3.35. The van der Waals surface area contributed by atoms with Crippen LogP contribution in [0.5, 0.6) is 0 Å². The maximum atomic E-state index is 10.4. The Bertz CT molecular complexity index is 236. The van der Waals surface area contributed by atoms with Gasteiger partial charge in [0.1, 0.15) is 5.72 Å². The van der Waals surface area contributed by atoms with Gasteiger partial charge in [0.2, 0.25) is 0 Å². The molecule has 0 unspecified atom stereocenters. The summed E-state index contributed by atoms with van der Waals surface area (Å²) < 4.78 is 5.39. The van der Waals surface area contributed by atoms with Crippen LogP contribution in [0.15, 0.2) is 12.2 Å². The number of hydrazine groups is 1. The van der Waals surface area contributed by atoms with E-state index in [-0.39, 0.29) is 0 Å². The summed E-state index contributed by atoms with van der Waals surface area (Å²) in [5.74, 6) is 0. The largest absolute Gasteiger partial charge is 0.464 e. The van der Waals surface area contributed by atoms with Gasteiger partial charge in [0.25, 0.3) is 0 Å². The van der Waals surface area contributed by atoms with Crippen molar-refractivity contribution in [1.82, 2.24) is 10.4 Å². The van der Waals surface area contributed by atoms with Crippen LogP contribution in [0.4, 0.5) is 4.79 Å². The van der Waals surface area contributed by atoms with E-state index in [0.717, 1.165) is 5.57 Å². The molecule has 0 aromatic heterocycles. The van der Waals surface area contributed by atoms with E-state index in [4.69, 9.17) is 9.84 Å². The van der Waals surface area contributed by atoms with Crippen LogP contribution in [0.2, 0.25) is 0 Å². The van der Waals surface area contributed by atoms with Crippen LogP contribution in [0.3, 0.4) is 0 Å². The number of ether oxygens (including phenoxy) is 1. The van der Waals surface area contributed by atoms with Crippen LogP contribution in [-0.4, -0.2) is 35.1 Å². The van der Waals surface area contributed by atoms with Crippen molar-refractivity contribution in [1.29, 1.82) is 0 Å². The van der Waals surface area contributed by atoms with Gasteiger partial charge in [0.05, 0.1) is 6.61 Å². The standard InChI is InChI=1S/C8H14N2O3/c1-6-4-10(9-7(11)12)8(2,3)13-5-6/h9H,1,4-5H2,2-3H3,(H,11,12). The second-order valence-electron chi connectivity index (χ2n) is 3.49. The van der Waals surface area contributed by atoms with Crippen molar-refractivity contribution in [3.8, 4) is 0 Å². The summed E-state index contributed by atoms with van der Waals surface area (Å²) >= 11 is 0. The van der Waals surface area contributed by atoms with Gasteiger partial charge in [-0.25, -0.2) is 4.79 Å². The quantitative estimate of drug-likeness (QED) is 0.594. The summed E-state index contributed by atoms with van der Waals surface area (Å²) in [4.78, 5) is 10.4. The van der Waals surface area contributed by atoms with Gasteiger partial charge < -0.3 is 9.84 Å². The van der Waals surface area contributed by atoms with Crippen molar-refractivity contribution in [2.24, 2.45) is 0 Å². The molecule has 0 aliphatic carbocycles. The van der Waals surface area contributed by atoms with Crippen LogP contribution in [0, 0.1) is 0 Å². The van der Waals surface area contributed by atoms with E-state index in [2.05, 4.69) is 12.0 Å². The number of nitrogens with zero attached hydrogens (tertiary/aromatic N) is 1. The normalized spacial score (nSPS) is 22.8. The number of hydrogen-bond donors (Lipinski definition) is 2. The Balaban J connectivity index is 2.66. The zero-order valence-electron chi connectivity index (χ0n) is 7.83. The second-order valence-corrected chi connectivity index (χ2v) is 3.49. The van der Waals surface area contributed by atoms with Gasteiger partial charge in [-0.1, -0.05) is 6.58 Å². The summed E-state index contributed by atoms with van der Waals surface area (Å²) in [6.45, 7) is 8.30. The molecule has 0 saturated carbocycles. The van der Waals surface area contributed by atoms with Gasteiger partial charge in [-0.3, -0.25) is 5.43 Å². The van der Waals surface area contributed by atoms with Crippen LogP contribution >= 0.6 is 0 Å². The first-order valence-electron chi connectivity index (χ1n) is 3.99. The van der Waals surface area contributed by atoms with Crippen molar-refractivity contribution >= 4 is 6.09 Å². The Morgan fingerprint density at radius 1 is 1.77 bits per heavy atom. The van der Waals surface area contributed by atoms with E-state index in [1.165, 1.54) is 5.01 Å². The predicted octanol–water partition coefficient (Wildman–Crippen LogP) is 0.794. The molecule has 1 rings (SSSR count). The third-order valence-corrected chi connectivity index (χ3v) is 1.89. The third kappa shape index (κ3) is 2.43. The van der Waals surface area contributed by atoms with Crippen molar-refractivity contribution in [3.05, 3.63) is 12.2 Å². The summed E-state index contributed by atoms with van der Waals surface area (Å²) in [7, 11) is 0. The highest BCUT2D eigenvalue weighted by Gasteiger charge is 2.33. The monoisotopic (exact) mass is 186 g/mol. The third-order valence-electron chi connectivity index (χ3n) is 1.89. The number of amides is 1. The van der Waals surface area contributed by atoms with Crippen molar-refractivity contribution in [2.45, 2.75) is 19.6 Å². The van der Waals surface area contributed by atoms with Crippen molar-refractivity contribution < 1.29 is 14.6 Å². The lowest BCUT2D eigenvalue weighted by Gasteiger charge is -2.41. The van der Waals surface area contributed by atoms with E-state index < -0.39 is 11.8 Å². The molecule has 1 aliphatic heterocycles. The molecule has 13 heavy (non-hydrogen) atoms. The molecule has 1 fully saturated rings. The Kier molecular flexibility index (Phi) is 2.58. The van der Waals surface area contributed by atoms with Crippen LogP contribution in [0.25, 0.3) is 0 Å². The first-order chi connectivity index (χ1) is 5.92. The molecule has 0 aromatic rings. The Morgan fingerprint density at radius 3 is 2.92 bits per heavy atom. The van der Waals surface area contributed by atoms with Crippen molar-refractivity contribution in [2.75, 3.05) is 13.2 Å². The number of carbonyl (C=O) groups is 1. The van der Waals surface area contributed by atoms with Crippen LogP contribution in [0.1, 0.15) is 13.8 Å². The van der Waals surface area contributed by atoms with E-state index >= 15 is 0 Å². The molecule has 0 atom stereocenters. The first-order valence-corrected chi connectivity index (χ1v) is 3.99. The minimum absolute atomic E-state index is 0.477. The molecular formula is C8H14N2O3. The molecule has 2 N–H and O–H groups in total. The fraction of sp³-hybridized carbons (Fsp3) is 0.625. The number of rotatable bonds is 1. The molecule has 1 saturated heterocycles. The molecular weight excluding hydrogens is 172 g/mol. The molecule has 0 aromatic carbocycles. The van der Waals surface area contributed by atoms with E-state index in [0.29, 0.717) is 13.2 Å². The van der Waals surface area contributed by atoms with Crippen LogP contribution in [-0.2, 0) is 4.74 Å². The molecule has 1 heterocycles. The van der Waals surface area contributed by atoms with Gasteiger partial charge in [-0.2, -0.15) is 5.01 Å². The van der Waals surface area contributed by atoms with Crippen molar-refractivity contribution in [3.63, 3.8) is 0 Å². The molecule has 1 aliphatic rings. The van der Waals surface area contributed by atoms with Crippen LogP contribution < -0.4 is 5.43 Å². The predicted molar refractivity (Wildman–Crippen MR) is 47.0 cm³/mol. The topological polar surface area (TPSA) is 61.8 Å². The highest BCUT2D eigenvalue weighted by atomic mass is 16.5. The highest BCUT2D eigenvalue weighted by Crippen LogP contribution is 2.20. The van der Waals surface area contributed by atoms with Gasteiger partial charge in [-0.05, 0) is 19.4 Å². The SMILES string of the molecule is C=C1COC(C)(C)N(NC(=O)O)C1. The van der Waals surface area contributed by atoms with Gasteiger partial charge in [-0.15, -0.1) is 0 Å². The molecule has 0 spiro atoms. The lowest BCUT2D eigenvalue weighted by molar-refractivity contribution is -0.160. The molecule has 5 heteroatoms. The first kappa shape index (κ1) is 10.0. The Hall–Kier alpha value is -1.07. The number of carboxylic acid groups (broad SMARTS) is 1. The van der Waals surface area contributed by atoms with E-state index in [1.807, 2.05) is 0 Å². The fourth-order valence-electron chi connectivity index (χ4n) is 1.11. The maximum Gasteiger partial charge on any atom is 0.419 e. The number of nitrogens with one attached hydrogen (secondary N) is 1. The average molecular weight is 186 g/mol. The highest BCUT2D eigenvalue weighted by molar-refractivity contribution is 5.63. The summed E-state index contributed by atoms with van der Waals surface area (Å²) in [6.07, 6.45) is -1.09. The lowest BCUT2D eigenvalue weighted by atomic mass is 10.2. The van der Waals surface area contributed by atoms with E-state index in [9.17, 15) is 4.79 Å². The van der Waals surface area contributed by atoms with Gasteiger partial charge in [0.15, 0.2) is 0 Å². The lowest BCUT2D eigenvalue weighted by Crippen LogP contribution is -2.58. The molecule has 1 amide bonds. The fourth-order valence-corrected chi connectivity index (χ4v) is 1.11. The smallest absolute Gasteiger partial charge is 0.419 e. The van der Waals surface area contributed by atoms with Gasteiger partial charge in [0, 0.05) is 6.54 Å². The Morgan fingerprint density at radius 2 is 2.38 bits per heavy atom. The molecule has 5 nitrogen and oxygen atoms in total. The minimum atomic E-state index is -1.09. The molecule has 74 valence electrons. The van der Waals surface area contributed by atoms with Gasteiger partial charge >= 0.3 is 6.09 Å². The summed E-state index contributed by atoms with van der Waals surface area (Å²) in [5.41, 5.74) is 2.51. The molecule has 0 radical (unpaired) electrons. The van der Waals surface area contributed by atoms with E-state index in [1.54, 1.807) is 13.8 Å². The average Bonchev–Trinajstić information content (AvgIpc) is 1.97. The zero-order valence-corrected chi connectivity index (χ0v) is 7.83. The Labute approximate surface area is 76.9 Å². The minimum Gasteiger partial charge on any atom is -0.464 e. The number of hydrogen-bond acceptors (Lipinski definition) is 3. The summed E-state index contributed by atoms with van der Waals surface area (Å²) in [5, 5.41) is 10.0. The summed E-state index contributed by atoms with van der Waals surface area (Å²) in [6, 6.07) is 0.